The molecule has 4 heteroatoms. The summed E-state index contributed by atoms with van der Waals surface area (Å²) in [5.41, 5.74) is 0. The van der Waals surface area contributed by atoms with E-state index in [1.54, 1.807) is 7.11 Å². The molecule has 94 valence electrons. The molecule has 1 rings (SSSR count). The van der Waals surface area contributed by atoms with Gasteiger partial charge in [0.25, 0.3) is 0 Å². The zero-order chi connectivity index (χ0) is 12.0. The second kappa shape index (κ2) is 7.43. The summed E-state index contributed by atoms with van der Waals surface area (Å²) >= 11 is 3.45. The van der Waals surface area contributed by atoms with Crippen LogP contribution in [0.3, 0.4) is 0 Å². The van der Waals surface area contributed by atoms with Crippen LogP contribution in [0, 0.1) is 0 Å². The van der Waals surface area contributed by atoms with Gasteiger partial charge in [0.2, 0.25) is 0 Å². The first kappa shape index (κ1) is 14.2. The van der Waals surface area contributed by atoms with Crippen molar-refractivity contribution in [3.8, 4) is 0 Å². The van der Waals surface area contributed by atoms with E-state index in [0.717, 1.165) is 30.7 Å². The highest BCUT2D eigenvalue weighted by Crippen LogP contribution is 2.20. The Hall–Kier alpha value is 0.1000. The number of halogens is 1. The maximum absolute atomic E-state index is 5.09. The molecule has 1 saturated heterocycles. The molecule has 0 aromatic heterocycles. The van der Waals surface area contributed by atoms with E-state index in [-0.39, 0.29) is 0 Å². The lowest BCUT2D eigenvalue weighted by Crippen LogP contribution is -2.40. The molecule has 1 heterocycles. The van der Waals surface area contributed by atoms with Gasteiger partial charge in [-0.05, 0) is 26.4 Å². The predicted octanol–water partition coefficient (Wildman–Crippen LogP) is 1.94. The van der Waals surface area contributed by atoms with Crippen LogP contribution in [0.2, 0.25) is 0 Å². The lowest BCUT2D eigenvalue weighted by atomic mass is 10.2. The van der Waals surface area contributed by atoms with Crippen molar-refractivity contribution < 1.29 is 4.74 Å². The molecule has 0 aromatic rings. The molecule has 1 fully saturated rings. The molecule has 0 saturated carbocycles. The molecule has 0 amide bonds. The fourth-order valence-corrected chi connectivity index (χ4v) is 2.55. The highest BCUT2D eigenvalue weighted by Gasteiger charge is 2.25. The van der Waals surface area contributed by atoms with Gasteiger partial charge in [-0.3, -0.25) is 4.90 Å². The largest absolute Gasteiger partial charge is 0.383 e. The van der Waals surface area contributed by atoms with Crippen molar-refractivity contribution in [3.05, 3.63) is 11.1 Å². The molecule has 0 radical (unpaired) electrons. The van der Waals surface area contributed by atoms with Gasteiger partial charge in [0, 0.05) is 37.3 Å². The van der Waals surface area contributed by atoms with Crippen molar-refractivity contribution >= 4 is 15.9 Å². The van der Waals surface area contributed by atoms with Crippen LogP contribution < -0.4 is 0 Å². The minimum atomic E-state index is 0.677. The van der Waals surface area contributed by atoms with Gasteiger partial charge in [0.15, 0.2) is 0 Å². The lowest BCUT2D eigenvalue weighted by molar-refractivity contribution is 0.141. The summed E-state index contributed by atoms with van der Waals surface area (Å²) in [5, 5.41) is 0. The molecular formula is C12H23BrN2O. The highest BCUT2D eigenvalue weighted by molar-refractivity contribution is 9.11. The molecule has 0 N–H and O–H groups in total. The third-order valence-electron chi connectivity index (χ3n) is 3.07. The van der Waals surface area contributed by atoms with Gasteiger partial charge in [-0.25, -0.2) is 0 Å². The quantitative estimate of drug-likeness (QED) is 0.713. The Morgan fingerprint density at radius 1 is 1.62 bits per heavy atom. The Labute approximate surface area is 108 Å². The van der Waals surface area contributed by atoms with Crippen molar-refractivity contribution in [2.45, 2.75) is 18.9 Å². The monoisotopic (exact) mass is 290 g/mol. The van der Waals surface area contributed by atoms with Gasteiger partial charge in [0.1, 0.15) is 0 Å². The first-order valence-electron chi connectivity index (χ1n) is 5.88. The summed E-state index contributed by atoms with van der Waals surface area (Å²) < 4.78 is 6.17. The van der Waals surface area contributed by atoms with Crippen LogP contribution in [0.4, 0.5) is 0 Å². The first-order chi connectivity index (χ1) is 7.63. The Morgan fingerprint density at radius 3 is 3.00 bits per heavy atom. The summed E-state index contributed by atoms with van der Waals surface area (Å²) in [7, 11) is 3.92. The molecule has 1 atom stereocenters. The van der Waals surface area contributed by atoms with Crippen LogP contribution >= 0.6 is 15.9 Å². The Balaban J connectivity index is 2.31. The average molecular weight is 291 g/mol. The van der Waals surface area contributed by atoms with E-state index >= 15 is 0 Å². The number of rotatable bonds is 7. The topological polar surface area (TPSA) is 15.7 Å². The molecule has 1 aliphatic rings. The van der Waals surface area contributed by atoms with Gasteiger partial charge in [-0.1, -0.05) is 22.5 Å². The number of methoxy groups -OCH3 is 1. The molecule has 0 bridgehead atoms. The van der Waals surface area contributed by atoms with Gasteiger partial charge in [0.05, 0.1) is 6.61 Å². The maximum atomic E-state index is 5.09. The van der Waals surface area contributed by atoms with Crippen LogP contribution in [0.25, 0.3) is 0 Å². The summed E-state index contributed by atoms with van der Waals surface area (Å²) in [6.45, 7) is 9.05. The number of hydrogen-bond acceptors (Lipinski definition) is 3. The highest BCUT2D eigenvalue weighted by atomic mass is 79.9. The van der Waals surface area contributed by atoms with Crippen molar-refractivity contribution in [2.75, 3.05) is 46.9 Å². The van der Waals surface area contributed by atoms with Gasteiger partial charge < -0.3 is 9.64 Å². The molecule has 1 aliphatic heterocycles. The summed E-state index contributed by atoms with van der Waals surface area (Å²) in [6.07, 6.45) is 2.61. The lowest BCUT2D eigenvalue weighted by Gasteiger charge is -2.28. The predicted molar refractivity (Wildman–Crippen MR) is 72.0 cm³/mol. The molecular weight excluding hydrogens is 268 g/mol. The van der Waals surface area contributed by atoms with E-state index < -0.39 is 0 Å². The summed E-state index contributed by atoms with van der Waals surface area (Å²) in [4.78, 5) is 4.86. The molecule has 16 heavy (non-hydrogen) atoms. The number of ether oxygens (including phenoxy) is 1. The van der Waals surface area contributed by atoms with Crippen LogP contribution in [0.5, 0.6) is 0 Å². The van der Waals surface area contributed by atoms with E-state index in [1.165, 1.54) is 19.4 Å². The van der Waals surface area contributed by atoms with Gasteiger partial charge in [-0.15, -0.1) is 0 Å². The maximum Gasteiger partial charge on any atom is 0.0589 e. The number of nitrogens with zero attached hydrogens (tertiary/aromatic N) is 2. The Morgan fingerprint density at radius 2 is 2.38 bits per heavy atom. The fraction of sp³-hybridized carbons (Fsp3) is 0.833. The van der Waals surface area contributed by atoms with Crippen molar-refractivity contribution in [3.63, 3.8) is 0 Å². The normalized spacial score (nSPS) is 21.9. The van der Waals surface area contributed by atoms with E-state index in [0.29, 0.717) is 6.04 Å². The minimum Gasteiger partial charge on any atom is -0.383 e. The first-order valence-corrected chi connectivity index (χ1v) is 6.67. The molecule has 3 nitrogen and oxygen atoms in total. The van der Waals surface area contributed by atoms with Gasteiger partial charge in [-0.2, -0.15) is 0 Å². The second-order valence-electron chi connectivity index (χ2n) is 4.54. The molecule has 0 aromatic carbocycles. The Bertz CT molecular complexity index is 223. The van der Waals surface area contributed by atoms with E-state index in [2.05, 4.69) is 39.4 Å². The van der Waals surface area contributed by atoms with Gasteiger partial charge >= 0.3 is 0 Å². The zero-order valence-electron chi connectivity index (χ0n) is 10.4. The summed E-state index contributed by atoms with van der Waals surface area (Å²) in [6, 6.07) is 0.677. The smallest absolute Gasteiger partial charge is 0.0589 e. The fourth-order valence-electron chi connectivity index (χ4n) is 2.23. The SMILES string of the molecule is C=C(Br)CN1CCCC1CN(C)CCOC. The summed E-state index contributed by atoms with van der Waals surface area (Å²) in [5.74, 6) is 0. The van der Waals surface area contributed by atoms with Crippen LogP contribution in [0.1, 0.15) is 12.8 Å². The molecule has 0 aliphatic carbocycles. The average Bonchev–Trinajstić information content (AvgIpc) is 2.62. The van der Waals surface area contributed by atoms with E-state index in [9.17, 15) is 0 Å². The Kier molecular flexibility index (Phi) is 6.58. The molecule has 1 unspecified atom stereocenters. The zero-order valence-corrected chi connectivity index (χ0v) is 12.0. The third kappa shape index (κ3) is 4.95. The number of likely N-dealkylation sites (tertiary alicyclic amines) is 1. The van der Waals surface area contributed by atoms with Crippen LogP contribution in [-0.4, -0.2) is 62.8 Å². The minimum absolute atomic E-state index is 0.677. The molecule has 0 spiro atoms. The van der Waals surface area contributed by atoms with Crippen molar-refractivity contribution in [1.82, 2.24) is 9.80 Å². The van der Waals surface area contributed by atoms with E-state index in [4.69, 9.17) is 4.74 Å². The standard InChI is InChI=1S/C12H23BrN2O/c1-11(13)9-15-6-4-5-12(15)10-14(2)7-8-16-3/h12H,1,4-10H2,2-3H3. The van der Waals surface area contributed by atoms with Crippen LogP contribution in [0.15, 0.2) is 11.1 Å². The van der Waals surface area contributed by atoms with Crippen molar-refractivity contribution in [2.24, 2.45) is 0 Å². The third-order valence-corrected chi connectivity index (χ3v) is 3.32. The number of hydrogen-bond donors (Lipinski definition) is 0. The van der Waals surface area contributed by atoms with Crippen LogP contribution in [-0.2, 0) is 4.74 Å². The van der Waals surface area contributed by atoms with E-state index in [1.807, 2.05) is 0 Å². The second-order valence-corrected chi connectivity index (χ2v) is 5.66. The number of likely N-dealkylation sites (N-methyl/N-ethyl adjacent to an activating group) is 1. The van der Waals surface area contributed by atoms with Crippen molar-refractivity contribution in [1.29, 1.82) is 0 Å².